The first-order valence-electron chi connectivity index (χ1n) is 10.9. The molecule has 0 radical (unpaired) electrons. The molecule has 1 amide bonds. The van der Waals surface area contributed by atoms with Crippen LogP contribution < -0.4 is 5.56 Å². The first-order chi connectivity index (χ1) is 14.5. The molecule has 0 N–H and O–H groups in total. The number of aryl methyl sites for hydroxylation is 2. The van der Waals surface area contributed by atoms with E-state index in [9.17, 15) is 9.59 Å². The summed E-state index contributed by atoms with van der Waals surface area (Å²) in [5.74, 6) is 0.948. The fourth-order valence-electron chi connectivity index (χ4n) is 4.30. The van der Waals surface area contributed by atoms with Gasteiger partial charge in [-0.05, 0) is 63.8 Å². The van der Waals surface area contributed by atoms with Crippen molar-refractivity contribution in [3.05, 3.63) is 69.8 Å². The van der Waals surface area contributed by atoms with E-state index >= 15 is 0 Å². The van der Waals surface area contributed by atoms with Gasteiger partial charge in [0.25, 0.3) is 5.56 Å². The van der Waals surface area contributed by atoms with Crippen LogP contribution >= 0.6 is 0 Å². The molecule has 1 atom stereocenters. The average molecular weight is 404 g/mol. The van der Waals surface area contributed by atoms with E-state index in [1.165, 1.54) is 0 Å². The maximum atomic E-state index is 13.7. The summed E-state index contributed by atoms with van der Waals surface area (Å²) in [4.78, 5) is 33.5. The summed E-state index contributed by atoms with van der Waals surface area (Å²) in [5, 5.41) is 0.590. The van der Waals surface area contributed by atoms with Crippen molar-refractivity contribution in [3.63, 3.8) is 0 Å². The molecule has 5 heteroatoms. The van der Waals surface area contributed by atoms with Gasteiger partial charge < -0.3 is 4.90 Å². The highest BCUT2D eigenvalue weighted by Gasteiger charge is 2.37. The van der Waals surface area contributed by atoms with Crippen LogP contribution in [0.25, 0.3) is 16.6 Å². The summed E-state index contributed by atoms with van der Waals surface area (Å²) in [7, 11) is 0. The van der Waals surface area contributed by atoms with Crippen LogP contribution in [0.2, 0.25) is 0 Å². The molecule has 1 fully saturated rings. The van der Waals surface area contributed by atoms with E-state index < -0.39 is 0 Å². The van der Waals surface area contributed by atoms with Gasteiger partial charge in [0.05, 0.1) is 22.6 Å². The molecule has 0 spiro atoms. The monoisotopic (exact) mass is 403 g/mol. The van der Waals surface area contributed by atoms with Gasteiger partial charge in [-0.2, -0.15) is 0 Å². The van der Waals surface area contributed by atoms with Crippen molar-refractivity contribution in [3.8, 4) is 5.69 Å². The lowest BCUT2D eigenvalue weighted by molar-refractivity contribution is -0.135. The number of fused-ring (bicyclic) bond motifs is 1. The summed E-state index contributed by atoms with van der Waals surface area (Å²) in [6, 6.07) is 13.3. The molecule has 156 valence electrons. The lowest BCUT2D eigenvalue weighted by Crippen LogP contribution is -2.39. The highest BCUT2D eigenvalue weighted by atomic mass is 16.2. The van der Waals surface area contributed by atoms with E-state index in [-0.39, 0.29) is 23.4 Å². The molecule has 1 saturated carbocycles. The van der Waals surface area contributed by atoms with Crippen LogP contribution in [-0.4, -0.2) is 26.9 Å². The number of hydrogen-bond acceptors (Lipinski definition) is 3. The molecule has 1 heterocycles. The second-order valence-electron chi connectivity index (χ2n) is 8.24. The Morgan fingerprint density at radius 2 is 1.90 bits per heavy atom. The van der Waals surface area contributed by atoms with E-state index in [0.717, 1.165) is 29.7 Å². The number of hydrogen-bond donors (Lipinski definition) is 0. The molecular formula is C25H29N3O2. The summed E-state index contributed by atoms with van der Waals surface area (Å²) >= 11 is 0. The standard InChI is InChI=1S/C25H29N3O2/c1-5-21(27(6-2)24(29)18-12-13-18)23-26-20-10-8-7-9-19(20)25(30)28(23)22-14-11-16(3)15-17(22)4/h7-11,14-15,18,21H,5-6,12-13H2,1-4H3. The molecule has 1 aromatic heterocycles. The molecule has 2 aromatic carbocycles. The molecule has 0 saturated heterocycles. The Morgan fingerprint density at radius 1 is 1.17 bits per heavy atom. The molecular weight excluding hydrogens is 374 g/mol. The molecule has 4 rings (SSSR count). The minimum Gasteiger partial charge on any atom is -0.333 e. The first kappa shape index (κ1) is 20.3. The molecule has 1 unspecified atom stereocenters. The number of amides is 1. The number of nitrogens with zero attached hydrogens (tertiary/aromatic N) is 3. The maximum Gasteiger partial charge on any atom is 0.266 e. The number of rotatable bonds is 6. The van der Waals surface area contributed by atoms with Crippen LogP contribution in [0.4, 0.5) is 0 Å². The minimum atomic E-state index is -0.249. The van der Waals surface area contributed by atoms with Crippen LogP contribution in [0.5, 0.6) is 0 Å². The van der Waals surface area contributed by atoms with Crippen LogP contribution in [0.15, 0.2) is 47.3 Å². The van der Waals surface area contributed by atoms with Gasteiger partial charge in [-0.1, -0.05) is 36.8 Å². The second-order valence-corrected chi connectivity index (χ2v) is 8.24. The van der Waals surface area contributed by atoms with Crippen molar-refractivity contribution in [1.82, 2.24) is 14.5 Å². The highest BCUT2D eigenvalue weighted by Crippen LogP contribution is 2.35. The fourth-order valence-corrected chi connectivity index (χ4v) is 4.30. The van der Waals surface area contributed by atoms with Crippen molar-refractivity contribution >= 4 is 16.8 Å². The fraction of sp³-hybridized carbons (Fsp3) is 0.400. The first-order valence-corrected chi connectivity index (χ1v) is 10.9. The Hall–Kier alpha value is -2.95. The topological polar surface area (TPSA) is 55.2 Å². The van der Waals surface area contributed by atoms with E-state index in [4.69, 9.17) is 4.98 Å². The second kappa shape index (κ2) is 8.05. The lowest BCUT2D eigenvalue weighted by Gasteiger charge is -2.32. The zero-order valence-electron chi connectivity index (χ0n) is 18.2. The predicted molar refractivity (Wildman–Crippen MR) is 120 cm³/mol. The molecule has 0 bridgehead atoms. The zero-order valence-corrected chi connectivity index (χ0v) is 18.2. The lowest BCUT2D eigenvalue weighted by atomic mass is 10.1. The zero-order chi connectivity index (χ0) is 21.4. The van der Waals surface area contributed by atoms with Crippen molar-refractivity contribution in [1.29, 1.82) is 0 Å². The van der Waals surface area contributed by atoms with Gasteiger partial charge in [-0.15, -0.1) is 0 Å². The van der Waals surface area contributed by atoms with E-state index in [1.807, 2.05) is 62.1 Å². The largest absolute Gasteiger partial charge is 0.333 e. The van der Waals surface area contributed by atoms with Crippen LogP contribution in [-0.2, 0) is 4.79 Å². The van der Waals surface area contributed by atoms with Crippen molar-refractivity contribution in [2.75, 3.05) is 6.54 Å². The number of carbonyl (C=O) groups excluding carboxylic acids is 1. The van der Waals surface area contributed by atoms with Gasteiger partial charge in [-0.25, -0.2) is 4.98 Å². The molecule has 5 nitrogen and oxygen atoms in total. The predicted octanol–water partition coefficient (Wildman–Crippen LogP) is 4.71. The van der Waals surface area contributed by atoms with Gasteiger partial charge in [0.15, 0.2) is 0 Å². The summed E-state index contributed by atoms with van der Waals surface area (Å²) < 4.78 is 1.73. The highest BCUT2D eigenvalue weighted by molar-refractivity contribution is 5.82. The number of para-hydroxylation sites is 1. The quantitative estimate of drug-likeness (QED) is 0.599. The third-order valence-electron chi connectivity index (χ3n) is 6.01. The van der Waals surface area contributed by atoms with E-state index in [1.54, 1.807) is 4.57 Å². The minimum absolute atomic E-state index is 0.0871. The van der Waals surface area contributed by atoms with Gasteiger partial charge in [0.1, 0.15) is 5.82 Å². The molecule has 30 heavy (non-hydrogen) atoms. The normalized spacial score (nSPS) is 14.7. The molecule has 1 aliphatic carbocycles. The van der Waals surface area contributed by atoms with Gasteiger partial charge >= 0.3 is 0 Å². The molecule has 0 aliphatic heterocycles. The third kappa shape index (κ3) is 3.53. The SMILES string of the molecule is CCC(c1nc2ccccc2c(=O)n1-c1ccc(C)cc1C)N(CC)C(=O)C1CC1. The van der Waals surface area contributed by atoms with Crippen LogP contribution in [0, 0.1) is 19.8 Å². The number of carbonyl (C=O) groups is 1. The maximum absolute atomic E-state index is 13.7. The Labute approximate surface area is 177 Å². The number of aromatic nitrogens is 2. The van der Waals surface area contributed by atoms with E-state index in [2.05, 4.69) is 13.0 Å². The van der Waals surface area contributed by atoms with Gasteiger partial charge in [-0.3, -0.25) is 14.2 Å². The van der Waals surface area contributed by atoms with Crippen LogP contribution in [0.3, 0.4) is 0 Å². The van der Waals surface area contributed by atoms with Gasteiger partial charge in [0.2, 0.25) is 5.91 Å². The summed E-state index contributed by atoms with van der Waals surface area (Å²) in [6.07, 6.45) is 2.61. The van der Waals surface area contributed by atoms with E-state index in [0.29, 0.717) is 29.7 Å². The summed E-state index contributed by atoms with van der Waals surface area (Å²) in [6.45, 7) is 8.72. The molecule has 3 aromatic rings. The Bertz CT molecular complexity index is 1160. The van der Waals surface area contributed by atoms with Crippen molar-refractivity contribution in [2.45, 2.75) is 53.0 Å². The Morgan fingerprint density at radius 3 is 2.53 bits per heavy atom. The average Bonchev–Trinajstić information content (AvgIpc) is 3.58. The Balaban J connectivity index is 1.99. The van der Waals surface area contributed by atoms with Gasteiger partial charge in [0, 0.05) is 12.5 Å². The third-order valence-corrected chi connectivity index (χ3v) is 6.01. The van der Waals surface area contributed by atoms with Crippen molar-refractivity contribution < 1.29 is 4.79 Å². The summed E-state index contributed by atoms with van der Waals surface area (Å²) in [5.41, 5.74) is 3.57. The smallest absolute Gasteiger partial charge is 0.266 e. The van der Waals surface area contributed by atoms with Crippen LogP contribution in [0.1, 0.15) is 56.1 Å². The molecule has 1 aliphatic rings. The van der Waals surface area contributed by atoms with Crippen molar-refractivity contribution in [2.24, 2.45) is 5.92 Å². The Kier molecular flexibility index (Phi) is 5.46. The number of benzene rings is 2.